The highest BCUT2D eigenvalue weighted by molar-refractivity contribution is 6.30. The van der Waals surface area contributed by atoms with E-state index in [9.17, 15) is 0 Å². The van der Waals surface area contributed by atoms with Crippen molar-refractivity contribution in [2.45, 2.75) is 46.2 Å². The van der Waals surface area contributed by atoms with Crippen molar-refractivity contribution in [2.24, 2.45) is 5.92 Å². The van der Waals surface area contributed by atoms with Gasteiger partial charge in [0, 0.05) is 25.0 Å². The standard InChI is InChI=1S/C15H22ClN3/c1-4-11(2)7-12(3)17-8-14-10-19-9-13(16)5-6-15(19)18-14/h5-6,9-12,17H,4,7-8H2,1-3H3. The summed E-state index contributed by atoms with van der Waals surface area (Å²) < 4.78 is 1.97. The Labute approximate surface area is 120 Å². The summed E-state index contributed by atoms with van der Waals surface area (Å²) in [5, 5.41) is 4.26. The maximum atomic E-state index is 5.96. The number of fused-ring (bicyclic) bond motifs is 1. The van der Waals surface area contributed by atoms with E-state index < -0.39 is 0 Å². The average molecular weight is 280 g/mol. The predicted octanol–water partition coefficient (Wildman–Crippen LogP) is 3.90. The fourth-order valence-corrected chi connectivity index (χ4v) is 2.40. The monoisotopic (exact) mass is 279 g/mol. The van der Waals surface area contributed by atoms with Crippen LogP contribution in [0.25, 0.3) is 5.65 Å². The predicted molar refractivity (Wildman–Crippen MR) is 80.6 cm³/mol. The molecule has 3 nitrogen and oxygen atoms in total. The van der Waals surface area contributed by atoms with E-state index in [0.29, 0.717) is 6.04 Å². The Morgan fingerprint density at radius 1 is 1.32 bits per heavy atom. The molecule has 0 radical (unpaired) electrons. The number of nitrogens with zero attached hydrogens (tertiary/aromatic N) is 2. The van der Waals surface area contributed by atoms with Gasteiger partial charge in [-0.25, -0.2) is 4.98 Å². The Bertz CT molecular complexity index is 535. The minimum absolute atomic E-state index is 0.517. The Morgan fingerprint density at radius 3 is 2.84 bits per heavy atom. The second-order valence-electron chi connectivity index (χ2n) is 5.38. The minimum Gasteiger partial charge on any atom is -0.309 e. The lowest BCUT2D eigenvalue weighted by molar-refractivity contribution is 0.411. The van der Waals surface area contributed by atoms with Crippen LogP contribution in [-0.4, -0.2) is 15.4 Å². The molecule has 0 amide bonds. The Morgan fingerprint density at radius 2 is 2.11 bits per heavy atom. The molecule has 4 heteroatoms. The van der Waals surface area contributed by atoms with Gasteiger partial charge in [-0.05, 0) is 31.4 Å². The van der Waals surface area contributed by atoms with Crippen LogP contribution >= 0.6 is 11.6 Å². The summed E-state index contributed by atoms with van der Waals surface area (Å²) in [5.74, 6) is 0.766. The third kappa shape index (κ3) is 3.95. The first-order valence-corrected chi connectivity index (χ1v) is 7.32. The average Bonchev–Trinajstić information content (AvgIpc) is 2.78. The van der Waals surface area contributed by atoms with Crippen LogP contribution in [0.5, 0.6) is 0 Å². The lowest BCUT2D eigenvalue weighted by Gasteiger charge is -2.16. The normalized spacial score (nSPS) is 14.7. The molecule has 2 rings (SSSR count). The van der Waals surface area contributed by atoms with Crippen molar-refractivity contribution in [3.05, 3.63) is 35.2 Å². The molecule has 0 aliphatic rings. The summed E-state index contributed by atoms with van der Waals surface area (Å²) in [5.41, 5.74) is 1.99. The highest BCUT2D eigenvalue weighted by atomic mass is 35.5. The van der Waals surface area contributed by atoms with Crippen LogP contribution in [0, 0.1) is 5.92 Å². The zero-order chi connectivity index (χ0) is 13.8. The molecule has 2 aromatic heterocycles. The van der Waals surface area contributed by atoms with Gasteiger partial charge in [0.25, 0.3) is 0 Å². The zero-order valence-electron chi connectivity index (χ0n) is 11.9. The van der Waals surface area contributed by atoms with Gasteiger partial charge in [-0.3, -0.25) is 0 Å². The molecule has 0 saturated heterocycles. The lowest BCUT2D eigenvalue weighted by Crippen LogP contribution is -2.27. The Balaban J connectivity index is 1.94. The van der Waals surface area contributed by atoms with Crippen molar-refractivity contribution < 1.29 is 0 Å². The summed E-state index contributed by atoms with van der Waals surface area (Å²) in [6.07, 6.45) is 6.36. The molecule has 2 aromatic rings. The molecule has 0 fully saturated rings. The van der Waals surface area contributed by atoms with Crippen LogP contribution in [0.2, 0.25) is 5.02 Å². The first kappa shape index (κ1) is 14.4. The van der Waals surface area contributed by atoms with Crippen molar-refractivity contribution >= 4 is 17.2 Å². The summed E-state index contributed by atoms with van der Waals surface area (Å²) in [6, 6.07) is 4.32. The summed E-state index contributed by atoms with van der Waals surface area (Å²) in [7, 11) is 0. The number of pyridine rings is 1. The van der Waals surface area contributed by atoms with Crippen LogP contribution in [0.1, 0.15) is 39.3 Å². The largest absolute Gasteiger partial charge is 0.309 e. The number of hydrogen-bond donors (Lipinski definition) is 1. The van der Waals surface area contributed by atoms with E-state index in [4.69, 9.17) is 11.6 Å². The Hall–Kier alpha value is -1.06. The van der Waals surface area contributed by atoms with E-state index in [1.807, 2.05) is 28.9 Å². The van der Waals surface area contributed by atoms with Crippen molar-refractivity contribution in [2.75, 3.05) is 0 Å². The van der Waals surface area contributed by atoms with Gasteiger partial charge in [0.15, 0.2) is 0 Å². The smallest absolute Gasteiger partial charge is 0.137 e. The molecule has 19 heavy (non-hydrogen) atoms. The van der Waals surface area contributed by atoms with Gasteiger partial charge in [0.1, 0.15) is 5.65 Å². The fourth-order valence-electron chi connectivity index (χ4n) is 2.23. The van der Waals surface area contributed by atoms with Gasteiger partial charge >= 0.3 is 0 Å². The van der Waals surface area contributed by atoms with Gasteiger partial charge in [0.2, 0.25) is 0 Å². The fraction of sp³-hybridized carbons (Fsp3) is 0.533. The van der Waals surface area contributed by atoms with Gasteiger partial charge in [-0.1, -0.05) is 31.9 Å². The third-order valence-corrected chi connectivity index (χ3v) is 3.77. The topological polar surface area (TPSA) is 29.3 Å². The van der Waals surface area contributed by atoms with Crippen LogP contribution in [-0.2, 0) is 6.54 Å². The molecule has 0 aromatic carbocycles. The summed E-state index contributed by atoms with van der Waals surface area (Å²) >= 11 is 5.96. The summed E-state index contributed by atoms with van der Waals surface area (Å²) in [4.78, 5) is 4.57. The maximum absolute atomic E-state index is 5.96. The molecule has 0 aliphatic carbocycles. The molecule has 104 valence electrons. The van der Waals surface area contributed by atoms with E-state index in [-0.39, 0.29) is 0 Å². The van der Waals surface area contributed by atoms with Gasteiger partial charge in [0.05, 0.1) is 10.7 Å². The minimum atomic E-state index is 0.517. The molecular weight excluding hydrogens is 258 g/mol. The summed E-state index contributed by atoms with van der Waals surface area (Å²) in [6.45, 7) is 7.57. The van der Waals surface area contributed by atoms with Crippen LogP contribution in [0.3, 0.4) is 0 Å². The SMILES string of the molecule is CCC(C)CC(C)NCc1cn2cc(Cl)ccc2n1. The number of hydrogen-bond acceptors (Lipinski definition) is 2. The molecule has 0 aliphatic heterocycles. The van der Waals surface area contributed by atoms with Crippen molar-refractivity contribution in [3.63, 3.8) is 0 Å². The van der Waals surface area contributed by atoms with Crippen LogP contribution < -0.4 is 5.32 Å². The number of halogens is 1. The second-order valence-corrected chi connectivity index (χ2v) is 5.81. The van der Waals surface area contributed by atoms with E-state index in [1.165, 1.54) is 12.8 Å². The number of imidazole rings is 1. The second kappa shape index (κ2) is 6.40. The first-order valence-electron chi connectivity index (χ1n) is 6.95. The van der Waals surface area contributed by atoms with Crippen molar-refractivity contribution in [1.29, 1.82) is 0 Å². The maximum Gasteiger partial charge on any atom is 0.137 e. The molecule has 2 heterocycles. The van der Waals surface area contributed by atoms with Crippen LogP contribution in [0.15, 0.2) is 24.5 Å². The van der Waals surface area contributed by atoms with Gasteiger partial charge in [-0.2, -0.15) is 0 Å². The van der Waals surface area contributed by atoms with Gasteiger partial charge < -0.3 is 9.72 Å². The molecule has 0 spiro atoms. The lowest BCUT2D eigenvalue weighted by atomic mass is 10.0. The Kier molecular flexibility index (Phi) is 4.83. The molecule has 0 saturated carbocycles. The highest BCUT2D eigenvalue weighted by Gasteiger charge is 2.08. The first-order chi connectivity index (χ1) is 9.08. The highest BCUT2D eigenvalue weighted by Crippen LogP contribution is 2.13. The molecule has 2 atom stereocenters. The van der Waals surface area contributed by atoms with E-state index in [0.717, 1.165) is 28.8 Å². The number of aromatic nitrogens is 2. The third-order valence-electron chi connectivity index (χ3n) is 3.55. The molecule has 1 N–H and O–H groups in total. The number of nitrogens with one attached hydrogen (secondary N) is 1. The van der Waals surface area contributed by atoms with Gasteiger partial charge in [-0.15, -0.1) is 0 Å². The molecule has 0 bridgehead atoms. The number of rotatable bonds is 6. The van der Waals surface area contributed by atoms with Crippen molar-refractivity contribution in [1.82, 2.24) is 14.7 Å². The molecule has 2 unspecified atom stereocenters. The van der Waals surface area contributed by atoms with E-state index in [2.05, 4.69) is 31.1 Å². The zero-order valence-corrected chi connectivity index (χ0v) is 12.6. The quantitative estimate of drug-likeness (QED) is 0.869. The van der Waals surface area contributed by atoms with E-state index >= 15 is 0 Å². The molecular formula is C15H22ClN3. The van der Waals surface area contributed by atoms with Crippen LogP contribution in [0.4, 0.5) is 0 Å². The van der Waals surface area contributed by atoms with E-state index in [1.54, 1.807) is 0 Å². The van der Waals surface area contributed by atoms with Crippen molar-refractivity contribution in [3.8, 4) is 0 Å².